The SMILES string of the molecule is CC(CNC(=O)c1ccc(-c2ccc(F)cc2)o1)N1CCc2ccccc2C1. The molecule has 144 valence electrons. The first kappa shape index (κ1) is 18.4. The predicted molar refractivity (Wildman–Crippen MR) is 106 cm³/mol. The molecule has 0 saturated heterocycles. The summed E-state index contributed by atoms with van der Waals surface area (Å²) < 4.78 is 18.7. The van der Waals surface area contributed by atoms with E-state index in [0.29, 0.717) is 12.3 Å². The molecular formula is C23H23FN2O2. The summed E-state index contributed by atoms with van der Waals surface area (Å²) in [7, 11) is 0. The molecule has 0 spiro atoms. The third-order valence-electron chi connectivity index (χ3n) is 5.30. The minimum absolute atomic E-state index is 0.226. The lowest BCUT2D eigenvalue weighted by Crippen LogP contribution is -2.44. The monoisotopic (exact) mass is 378 g/mol. The van der Waals surface area contributed by atoms with E-state index in [4.69, 9.17) is 4.42 Å². The largest absolute Gasteiger partial charge is 0.451 e. The number of carbonyl (C=O) groups is 1. The van der Waals surface area contributed by atoms with Crippen molar-refractivity contribution in [2.45, 2.75) is 25.9 Å². The van der Waals surface area contributed by atoms with Crippen molar-refractivity contribution in [2.24, 2.45) is 0 Å². The number of furan rings is 1. The molecule has 1 aliphatic rings. The number of halogens is 1. The van der Waals surface area contributed by atoms with Gasteiger partial charge < -0.3 is 9.73 Å². The average molecular weight is 378 g/mol. The van der Waals surface area contributed by atoms with Crippen LogP contribution in [-0.2, 0) is 13.0 Å². The van der Waals surface area contributed by atoms with Crippen molar-refractivity contribution >= 4 is 5.91 Å². The summed E-state index contributed by atoms with van der Waals surface area (Å²) in [6.45, 7) is 4.57. The Morgan fingerprint density at radius 2 is 1.86 bits per heavy atom. The Kier molecular flexibility index (Phi) is 5.26. The second-order valence-corrected chi connectivity index (χ2v) is 7.22. The van der Waals surface area contributed by atoms with Crippen LogP contribution in [0.5, 0.6) is 0 Å². The van der Waals surface area contributed by atoms with Gasteiger partial charge in [-0.05, 0) is 60.9 Å². The summed E-state index contributed by atoms with van der Waals surface area (Å²) in [6, 6.07) is 18.1. The van der Waals surface area contributed by atoms with Gasteiger partial charge in [0.25, 0.3) is 5.91 Å². The first-order valence-electron chi connectivity index (χ1n) is 9.55. The standard InChI is InChI=1S/C23H23FN2O2/c1-16(26-13-12-17-4-2-3-5-19(17)15-26)14-25-23(27)22-11-10-21(28-22)18-6-8-20(24)9-7-18/h2-11,16H,12-15H2,1H3,(H,25,27). The van der Waals surface area contributed by atoms with Crippen molar-refractivity contribution in [2.75, 3.05) is 13.1 Å². The third-order valence-corrected chi connectivity index (χ3v) is 5.30. The number of nitrogens with zero attached hydrogens (tertiary/aromatic N) is 1. The number of benzene rings is 2. The summed E-state index contributed by atoms with van der Waals surface area (Å²) in [5, 5.41) is 2.96. The zero-order valence-electron chi connectivity index (χ0n) is 15.8. The van der Waals surface area contributed by atoms with E-state index in [0.717, 1.165) is 25.1 Å². The van der Waals surface area contributed by atoms with Gasteiger partial charge in [-0.25, -0.2) is 4.39 Å². The Hall–Kier alpha value is -2.92. The molecular weight excluding hydrogens is 355 g/mol. The molecule has 0 bridgehead atoms. The van der Waals surface area contributed by atoms with Crippen LogP contribution in [0.4, 0.5) is 4.39 Å². The fraction of sp³-hybridized carbons (Fsp3) is 0.261. The van der Waals surface area contributed by atoms with Gasteiger partial charge in [-0.3, -0.25) is 9.69 Å². The van der Waals surface area contributed by atoms with E-state index in [-0.39, 0.29) is 23.5 Å². The van der Waals surface area contributed by atoms with Crippen molar-refractivity contribution < 1.29 is 13.6 Å². The van der Waals surface area contributed by atoms with Crippen LogP contribution in [0.15, 0.2) is 65.1 Å². The topological polar surface area (TPSA) is 45.5 Å². The fourth-order valence-electron chi connectivity index (χ4n) is 3.58. The molecule has 2 aromatic carbocycles. The normalized spacial score (nSPS) is 15.1. The van der Waals surface area contributed by atoms with Crippen LogP contribution in [0.25, 0.3) is 11.3 Å². The Bertz CT molecular complexity index is 965. The van der Waals surface area contributed by atoms with Crippen LogP contribution in [0.2, 0.25) is 0 Å². The molecule has 1 amide bonds. The Balaban J connectivity index is 1.34. The fourth-order valence-corrected chi connectivity index (χ4v) is 3.58. The molecule has 5 heteroatoms. The zero-order chi connectivity index (χ0) is 19.5. The molecule has 1 unspecified atom stereocenters. The molecule has 1 aromatic heterocycles. The highest BCUT2D eigenvalue weighted by atomic mass is 19.1. The summed E-state index contributed by atoms with van der Waals surface area (Å²) in [4.78, 5) is 14.8. The number of rotatable bonds is 5. The smallest absolute Gasteiger partial charge is 0.287 e. The van der Waals surface area contributed by atoms with Gasteiger partial charge >= 0.3 is 0 Å². The van der Waals surface area contributed by atoms with Gasteiger partial charge in [0.2, 0.25) is 0 Å². The van der Waals surface area contributed by atoms with Gasteiger partial charge in [0.05, 0.1) is 0 Å². The molecule has 28 heavy (non-hydrogen) atoms. The first-order chi connectivity index (χ1) is 13.6. The van der Waals surface area contributed by atoms with Crippen LogP contribution in [0, 0.1) is 5.82 Å². The molecule has 4 rings (SSSR count). The molecule has 1 atom stereocenters. The quantitative estimate of drug-likeness (QED) is 0.721. The van der Waals surface area contributed by atoms with Gasteiger partial charge in [-0.1, -0.05) is 24.3 Å². The second-order valence-electron chi connectivity index (χ2n) is 7.22. The minimum Gasteiger partial charge on any atom is -0.451 e. The van der Waals surface area contributed by atoms with Gasteiger partial charge in [0, 0.05) is 31.2 Å². The van der Waals surface area contributed by atoms with Gasteiger partial charge in [-0.15, -0.1) is 0 Å². The van der Waals surface area contributed by atoms with Crippen molar-refractivity contribution in [3.8, 4) is 11.3 Å². The predicted octanol–water partition coefficient (Wildman–Crippen LogP) is 4.26. The van der Waals surface area contributed by atoms with Crippen molar-refractivity contribution in [1.29, 1.82) is 0 Å². The van der Waals surface area contributed by atoms with Crippen LogP contribution in [0.1, 0.15) is 28.6 Å². The van der Waals surface area contributed by atoms with Crippen molar-refractivity contribution in [1.82, 2.24) is 10.2 Å². The summed E-state index contributed by atoms with van der Waals surface area (Å²) >= 11 is 0. The number of nitrogens with one attached hydrogen (secondary N) is 1. The lowest BCUT2D eigenvalue weighted by Gasteiger charge is -2.33. The molecule has 1 aliphatic heterocycles. The van der Waals surface area contributed by atoms with E-state index in [9.17, 15) is 9.18 Å². The van der Waals surface area contributed by atoms with E-state index in [1.165, 1.54) is 23.3 Å². The molecule has 4 nitrogen and oxygen atoms in total. The molecule has 0 radical (unpaired) electrons. The van der Waals surface area contributed by atoms with Crippen LogP contribution in [-0.4, -0.2) is 29.9 Å². The summed E-state index contributed by atoms with van der Waals surface area (Å²) in [5.74, 6) is 0.265. The lowest BCUT2D eigenvalue weighted by atomic mass is 9.99. The molecule has 0 aliphatic carbocycles. The number of hydrogen-bond acceptors (Lipinski definition) is 3. The molecule has 3 aromatic rings. The number of carbonyl (C=O) groups excluding carboxylic acids is 1. The Labute approximate surface area is 164 Å². The van der Waals surface area contributed by atoms with E-state index in [1.807, 2.05) is 0 Å². The summed E-state index contributed by atoms with van der Waals surface area (Å²) in [6.07, 6.45) is 1.04. The maximum atomic E-state index is 13.0. The maximum absolute atomic E-state index is 13.0. The average Bonchev–Trinajstić information content (AvgIpc) is 3.22. The number of fused-ring (bicyclic) bond motifs is 1. The molecule has 0 fully saturated rings. The van der Waals surface area contributed by atoms with Crippen molar-refractivity contribution in [3.63, 3.8) is 0 Å². The maximum Gasteiger partial charge on any atom is 0.287 e. The number of hydrogen-bond donors (Lipinski definition) is 1. The Morgan fingerprint density at radius 1 is 1.11 bits per heavy atom. The van der Waals surface area contributed by atoms with Gasteiger partial charge in [0.15, 0.2) is 5.76 Å². The highest BCUT2D eigenvalue weighted by molar-refractivity contribution is 5.92. The minimum atomic E-state index is -0.303. The highest BCUT2D eigenvalue weighted by Crippen LogP contribution is 2.23. The van der Waals surface area contributed by atoms with E-state index in [2.05, 4.69) is 41.4 Å². The van der Waals surface area contributed by atoms with Gasteiger partial charge in [-0.2, -0.15) is 0 Å². The molecule has 2 heterocycles. The third kappa shape index (κ3) is 3.99. The van der Waals surface area contributed by atoms with E-state index >= 15 is 0 Å². The highest BCUT2D eigenvalue weighted by Gasteiger charge is 2.21. The van der Waals surface area contributed by atoms with Gasteiger partial charge in [0.1, 0.15) is 11.6 Å². The van der Waals surface area contributed by atoms with Crippen LogP contribution < -0.4 is 5.32 Å². The molecule has 1 N–H and O–H groups in total. The number of amides is 1. The zero-order valence-corrected chi connectivity index (χ0v) is 15.8. The van der Waals surface area contributed by atoms with Crippen molar-refractivity contribution in [3.05, 3.63) is 83.4 Å². The summed E-state index contributed by atoms with van der Waals surface area (Å²) in [5.41, 5.74) is 3.52. The first-order valence-corrected chi connectivity index (χ1v) is 9.55. The van der Waals surface area contributed by atoms with E-state index < -0.39 is 0 Å². The van der Waals surface area contributed by atoms with Crippen LogP contribution in [0.3, 0.4) is 0 Å². The lowest BCUT2D eigenvalue weighted by molar-refractivity contribution is 0.0906. The molecule has 0 saturated carbocycles. The second kappa shape index (κ2) is 7.98. The Morgan fingerprint density at radius 3 is 2.64 bits per heavy atom. The van der Waals surface area contributed by atoms with Crippen LogP contribution >= 0.6 is 0 Å². The van der Waals surface area contributed by atoms with E-state index in [1.54, 1.807) is 24.3 Å².